The van der Waals surface area contributed by atoms with Crippen molar-refractivity contribution in [1.29, 1.82) is 0 Å². The summed E-state index contributed by atoms with van der Waals surface area (Å²) < 4.78 is 33.5. The van der Waals surface area contributed by atoms with E-state index >= 15 is 0 Å². The van der Waals surface area contributed by atoms with Crippen molar-refractivity contribution in [2.24, 2.45) is 0 Å². The predicted molar refractivity (Wildman–Crippen MR) is 101 cm³/mol. The van der Waals surface area contributed by atoms with Gasteiger partial charge >= 0.3 is 15.9 Å². The third-order valence-electron chi connectivity index (χ3n) is 3.01. The molecule has 0 aliphatic carbocycles. The largest absolute Gasteiger partial charge is 0.462 e. The number of hydrogen-bond donors (Lipinski definition) is 2. The molecule has 0 aromatic heterocycles. The van der Waals surface area contributed by atoms with Crippen LogP contribution in [0.25, 0.3) is 0 Å². The summed E-state index contributed by atoms with van der Waals surface area (Å²) in [4.78, 5) is 14.3. The molecule has 2 N–H and O–H groups in total. The zero-order chi connectivity index (χ0) is 18.8. The fraction of sp³-hybridized carbons (Fsp3) is 0. The molecule has 0 heterocycles. The Morgan fingerprint density at radius 2 is 0.962 bits per heavy atom. The molecule has 136 valence electrons. The molecule has 3 aromatic rings. The quantitative estimate of drug-likeness (QED) is 0.637. The lowest BCUT2D eigenvalue weighted by Crippen LogP contribution is -2.14. The molecule has 26 heavy (non-hydrogen) atoms. The number of rotatable bonds is 5. The molecule has 0 fully saturated rings. The summed E-state index contributed by atoms with van der Waals surface area (Å²) >= 11 is 0. The average Bonchev–Trinajstić information content (AvgIpc) is 2.63. The van der Waals surface area contributed by atoms with Gasteiger partial charge in [-0.25, -0.2) is 4.57 Å². The molecule has 0 atom stereocenters. The molecule has 0 saturated heterocycles. The first-order valence-electron chi connectivity index (χ1n) is 7.56. The van der Waals surface area contributed by atoms with E-state index in [1.165, 1.54) is 0 Å². The van der Waals surface area contributed by atoms with E-state index in [-0.39, 0.29) is 0 Å². The van der Waals surface area contributed by atoms with Crippen LogP contribution in [0.15, 0.2) is 91.0 Å². The number of hydrogen-bond acceptors (Lipinski definition) is 4. The van der Waals surface area contributed by atoms with E-state index in [0.717, 1.165) is 0 Å². The van der Waals surface area contributed by atoms with Crippen molar-refractivity contribution in [3.8, 4) is 11.5 Å². The van der Waals surface area contributed by atoms with E-state index in [1.54, 1.807) is 36.4 Å². The zero-order valence-electron chi connectivity index (χ0n) is 13.6. The average molecular weight is 392 g/mol. The van der Waals surface area contributed by atoms with Crippen LogP contribution in [-0.2, 0) is 9.13 Å². The molecule has 3 rings (SSSR count). The van der Waals surface area contributed by atoms with E-state index in [4.69, 9.17) is 23.4 Å². The smallest absolute Gasteiger partial charge is 0.413 e. The highest BCUT2D eigenvalue weighted by Gasteiger charge is 2.31. The van der Waals surface area contributed by atoms with Crippen LogP contribution in [0.2, 0.25) is 0 Å². The lowest BCUT2D eigenvalue weighted by atomic mass is 10.3. The molecule has 0 unspecified atom stereocenters. The van der Waals surface area contributed by atoms with Crippen molar-refractivity contribution in [3.05, 3.63) is 91.0 Å². The molecule has 0 aliphatic rings. The molecule has 6 nitrogen and oxygen atoms in total. The number of benzene rings is 3. The van der Waals surface area contributed by atoms with Crippen LogP contribution in [-0.4, -0.2) is 9.79 Å². The second-order valence-electron chi connectivity index (χ2n) is 4.92. The summed E-state index contributed by atoms with van der Waals surface area (Å²) in [7, 11) is -6.65. The second-order valence-corrected chi connectivity index (χ2v) is 7.37. The molecule has 0 aliphatic heterocycles. The Morgan fingerprint density at radius 3 is 1.31 bits per heavy atom. The van der Waals surface area contributed by atoms with Crippen LogP contribution in [0.1, 0.15) is 0 Å². The predicted octanol–water partition coefficient (Wildman–Crippen LogP) is 4.02. The molecule has 0 saturated carbocycles. The van der Waals surface area contributed by atoms with Crippen molar-refractivity contribution in [3.63, 3.8) is 0 Å². The standard InChI is InChI=1S/C18H15O3P.H3O3P/c19-22(18-14-8-3-9-15-18,20-16-10-4-1-5-11-16)21-17-12-6-2-7-13-17;1-4(2)3/h1-15H;4H,(H2,1,2,3). The third-order valence-corrected chi connectivity index (χ3v) is 4.84. The maximum absolute atomic E-state index is 13.3. The third kappa shape index (κ3) is 6.51. The van der Waals surface area contributed by atoms with Gasteiger partial charge in [0, 0.05) is 0 Å². The Labute approximate surface area is 152 Å². The van der Waals surface area contributed by atoms with Gasteiger partial charge in [0.05, 0.1) is 5.30 Å². The van der Waals surface area contributed by atoms with Crippen molar-refractivity contribution in [2.45, 2.75) is 0 Å². The fourth-order valence-electron chi connectivity index (χ4n) is 1.97. The molecule has 0 amide bonds. The second kappa shape index (κ2) is 9.95. The molecule has 8 heteroatoms. The Bertz CT molecular complexity index is 807. The number of para-hydroxylation sites is 2. The van der Waals surface area contributed by atoms with Crippen molar-refractivity contribution in [2.75, 3.05) is 0 Å². The van der Waals surface area contributed by atoms with Gasteiger partial charge in [0.15, 0.2) is 0 Å². The van der Waals surface area contributed by atoms with Gasteiger partial charge in [-0.1, -0.05) is 54.6 Å². The monoisotopic (exact) mass is 392 g/mol. The van der Waals surface area contributed by atoms with Crippen LogP contribution in [0.4, 0.5) is 0 Å². The maximum atomic E-state index is 13.3. The fourth-order valence-corrected chi connectivity index (χ4v) is 3.56. The van der Waals surface area contributed by atoms with Crippen LogP contribution >= 0.6 is 15.9 Å². The summed E-state index contributed by atoms with van der Waals surface area (Å²) in [6.45, 7) is 0. The first-order chi connectivity index (χ1) is 12.5. The summed E-state index contributed by atoms with van der Waals surface area (Å²) in [6, 6.07) is 27.0. The highest BCUT2D eigenvalue weighted by atomic mass is 31.2. The lowest BCUT2D eigenvalue weighted by Gasteiger charge is -2.20. The van der Waals surface area contributed by atoms with Crippen LogP contribution in [0.3, 0.4) is 0 Å². The molecule has 0 spiro atoms. The van der Waals surface area contributed by atoms with Crippen LogP contribution in [0.5, 0.6) is 11.5 Å². The maximum Gasteiger partial charge on any atom is 0.462 e. The summed E-state index contributed by atoms with van der Waals surface area (Å²) in [5.41, 5.74) is 0. The van der Waals surface area contributed by atoms with Gasteiger partial charge in [0.25, 0.3) is 0 Å². The van der Waals surface area contributed by atoms with E-state index in [2.05, 4.69) is 0 Å². The molecular weight excluding hydrogens is 374 g/mol. The van der Waals surface area contributed by atoms with Crippen molar-refractivity contribution in [1.82, 2.24) is 0 Å². The minimum absolute atomic E-state index is 0.505. The summed E-state index contributed by atoms with van der Waals surface area (Å²) in [5.74, 6) is 1.01. The molecule has 3 aromatic carbocycles. The highest BCUT2D eigenvalue weighted by Crippen LogP contribution is 2.47. The summed E-state index contributed by atoms with van der Waals surface area (Å²) in [6.07, 6.45) is 0. The van der Waals surface area contributed by atoms with Gasteiger partial charge in [-0.3, -0.25) is 4.57 Å². The molecular formula is C18H18O6P2. The SMILES string of the molecule is O=P(Oc1ccccc1)(Oc1ccccc1)c1ccccc1.O=[PH](O)O. The van der Waals surface area contributed by atoms with Gasteiger partial charge in [0.2, 0.25) is 0 Å². The topological polar surface area (TPSA) is 93.1 Å². The van der Waals surface area contributed by atoms with Gasteiger partial charge in [-0.15, -0.1) is 0 Å². The van der Waals surface area contributed by atoms with Crippen LogP contribution < -0.4 is 14.4 Å². The Hall–Kier alpha value is -2.36. The normalized spacial score (nSPS) is 10.6. The lowest BCUT2D eigenvalue weighted by molar-refractivity contribution is 0.399. The van der Waals surface area contributed by atoms with Crippen molar-refractivity contribution < 1.29 is 28.0 Å². The minimum Gasteiger partial charge on any atom is -0.413 e. The van der Waals surface area contributed by atoms with E-state index in [9.17, 15) is 4.57 Å². The first-order valence-corrected chi connectivity index (χ1v) is 10.4. The summed E-state index contributed by atoms with van der Waals surface area (Å²) in [5, 5.41) is 0.516. The van der Waals surface area contributed by atoms with E-state index < -0.39 is 15.9 Å². The Kier molecular flexibility index (Phi) is 7.64. The highest BCUT2D eigenvalue weighted by molar-refractivity contribution is 7.63. The van der Waals surface area contributed by atoms with Gasteiger partial charge in [-0.05, 0) is 36.4 Å². The van der Waals surface area contributed by atoms with E-state index in [0.29, 0.717) is 16.8 Å². The molecule has 0 radical (unpaired) electrons. The van der Waals surface area contributed by atoms with Crippen LogP contribution in [0, 0.1) is 0 Å². The van der Waals surface area contributed by atoms with Gasteiger partial charge < -0.3 is 18.8 Å². The first kappa shape index (κ1) is 20.0. The van der Waals surface area contributed by atoms with Crippen molar-refractivity contribution >= 4 is 21.2 Å². The van der Waals surface area contributed by atoms with E-state index in [1.807, 2.05) is 54.6 Å². The Morgan fingerprint density at radius 1 is 0.654 bits per heavy atom. The van der Waals surface area contributed by atoms with Gasteiger partial charge in [0.1, 0.15) is 11.5 Å². The van der Waals surface area contributed by atoms with Gasteiger partial charge in [-0.2, -0.15) is 0 Å². The minimum atomic E-state index is -3.52. The zero-order valence-corrected chi connectivity index (χ0v) is 15.5. The molecule has 0 bridgehead atoms. The Balaban J connectivity index is 0.000000552.